The number of amides is 2. The molecule has 33 heavy (non-hydrogen) atoms. The Kier molecular flexibility index (Phi) is 4.94. The van der Waals surface area contributed by atoms with Gasteiger partial charge >= 0.3 is 0 Å². The second-order valence-electron chi connectivity index (χ2n) is 9.43. The third-order valence-electron chi connectivity index (χ3n) is 7.13. The van der Waals surface area contributed by atoms with Crippen LogP contribution in [0, 0.1) is 11.7 Å². The maximum absolute atomic E-state index is 14.1. The molecule has 0 bridgehead atoms. The zero-order valence-electron chi connectivity index (χ0n) is 18.5. The summed E-state index contributed by atoms with van der Waals surface area (Å²) in [7, 11) is 0. The quantitative estimate of drug-likeness (QED) is 0.646. The zero-order valence-corrected chi connectivity index (χ0v) is 18.5. The van der Waals surface area contributed by atoms with Gasteiger partial charge < -0.3 is 15.2 Å². The Morgan fingerprint density at radius 1 is 1.06 bits per heavy atom. The molecule has 3 aliphatic rings. The number of rotatable bonds is 4. The first-order valence-electron chi connectivity index (χ1n) is 11.8. The molecular formula is C26H27FN4O2. The number of carbonyl (C=O) groups is 2. The Labute approximate surface area is 191 Å². The summed E-state index contributed by atoms with van der Waals surface area (Å²) in [5.41, 5.74) is 5.33. The summed E-state index contributed by atoms with van der Waals surface area (Å²) in [4.78, 5) is 32.4. The van der Waals surface area contributed by atoms with Crippen LogP contribution in [0.1, 0.15) is 34.3 Å². The van der Waals surface area contributed by atoms with E-state index in [1.165, 1.54) is 17.7 Å². The SMILES string of the molecule is O=C1NCCc2c(-c3ccc(CN4CCN(C(=O)C5CC5)CC4)cc3)[nH]c3cc(F)cc1c23. The highest BCUT2D eigenvalue weighted by molar-refractivity contribution is 6.10. The molecule has 1 aromatic heterocycles. The van der Waals surface area contributed by atoms with Crippen molar-refractivity contribution in [1.29, 1.82) is 0 Å². The molecule has 2 aliphatic heterocycles. The number of hydrogen-bond acceptors (Lipinski definition) is 3. The molecule has 3 heterocycles. The van der Waals surface area contributed by atoms with Crippen molar-refractivity contribution in [3.63, 3.8) is 0 Å². The fourth-order valence-electron chi connectivity index (χ4n) is 5.19. The van der Waals surface area contributed by atoms with Gasteiger partial charge in [0.05, 0.1) is 5.56 Å². The molecule has 1 aliphatic carbocycles. The van der Waals surface area contributed by atoms with E-state index < -0.39 is 5.82 Å². The van der Waals surface area contributed by atoms with Gasteiger partial charge in [0, 0.05) is 61.8 Å². The number of nitrogens with one attached hydrogen (secondary N) is 2. The molecule has 1 saturated carbocycles. The number of aromatic nitrogens is 1. The van der Waals surface area contributed by atoms with Gasteiger partial charge in [-0.05, 0) is 48.1 Å². The molecule has 1 saturated heterocycles. The van der Waals surface area contributed by atoms with Crippen molar-refractivity contribution in [2.75, 3.05) is 32.7 Å². The van der Waals surface area contributed by atoms with Crippen molar-refractivity contribution in [3.8, 4) is 11.3 Å². The highest BCUT2D eigenvalue weighted by atomic mass is 19.1. The van der Waals surface area contributed by atoms with E-state index in [1.807, 2.05) is 4.90 Å². The van der Waals surface area contributed by atoms with Gasteiger partial charge in [0.2, 0.25) is 5.91 Å². The molecule has 0 spiro atoms. The molecule has 6 nitrogen and oxygen atoms in total. The first-order valence-corrected chi connectivity index (χ1v) is 11.8. The Morgan fingerprint density at radius 2 is 1.82 bits per heavy atom. The first kappa shape index (κ1) is 20.4. The van der Waals surface area contributed by atoms with Crippen LogP contribution in [-0.2, 0) is 17.8 Å². The van der Waals surface area contributed by atoms with Crippen LogP contribution in [0.15, 0.2) is 36.4 Å². The number of hydrogen-bond donors (Lipinski definition) is 2. The van der Waals surface area contributed by atoms with Crippen molar-refractivity contribution in [1.82, 2.24) is 20.1 Å². The van der Waals surface area contributed by atoms with Gasteiger partial charge in [0.1, 0.15) is 5.82 Å². The normalized spacial score (nSPS) is 18.9. The lowest BCUT2D eigenvalue weighted by Gasteiger charge is -2.35. The summed E-state index contributed by atoms with van der Waals surface area (Å²) in [6.07, 6.45) is 2.82. The van der Waals surface area contributed by atoms with E-state index in [4.69, 9.17) is 0 Å². The third kappa shape index (κ3) is 3.80. The molecule has 0 radical (unpaired) electrons. The number of piperazine rings is 1. The molecule has 2 N–H and O–H groups in total. The highest BCUT2D eigenvalue weighted by Crippen LogP contribution is 2.35. The van der Waals surface area contributed by atoms with Gasteiger partial charge in [-0.25, -0.2) is 4.39 Å². The number of nitrogens with zero attached hydrogens (tertiary/aromatic N) is 2. The van der Waals surface area contributed by atoms with Crippen LogP contribution in [0.5, 0.6) is 0 Å². The van der Waals surface area contributed by atoms with Crippen LogP contribution in [0.25, 0.3) is 22.2 Å². The summed E-state index contributed by atoms with van der Waals surface area (Å²) in [6.45, 7) is 4.83. The molecule has 2 amide bonds. The summed E-state index contributed by atoms with van der Waals surface area (Å²) < 4.78 is 14.1. The van der Waals surface area contributed by atoms with Crippen LogP contribution < -0.4 is 5.32 Å². The van der Waals surface area contributed by atoms with Crippen molar-refractivity contribution >= 4 is 22.7 Å². The summed E-state index contributed by atoms with van der Waals surface area (Å²) >= 11 is 0. The lowest BCUT2D eigenvalue weighted by atomic mass is 9.99. The molecule has 2 fully saturated rings. The van der Waals surface area contributed by atoms with E-state index in [0.29, 0.717) is 35.9 Å². The Hall–Kier alpha value is -3.19. The topological polar surface area (TPSA) is 68.4 Å². The smallest absolute Gasteiger partial charge is 0.252 e. The zero-order chi connectivity index (χ0) is 22.5. The number of benzene rings is 2. The lowest BCUT2D eigenvalue weighted by Crippen LogP contribution is -2.48. The maximum Gasteiger partial charge on any atom is 0.252 e. The molecule has 170 valence electrons. The third-order valence-corrected chi connectivity index (χ3v) is 7.13. The van der Waals surface area contributed by atoms with Crippen molar-refractivity contribution in [2.24, 2.45) is 5.92 Å². The van der Waals surface area contributed by atoms with Gasteiger partial charge in [0.25, 0.3) is 5.91 Å². The Bertz CT molecular complexity index is 1240. The van der Waals surface area contributed by atoms with E-state index in [-0.39, 0.29) is 5.91 Å². The monoisotopic (exact) mass is 446 g/mol. The molecule has 6 rings (SSSR count). The largest absolute Gasteiger partial charge is 0.354 e. The number of carbonyl (C=O) groups excluding carboxylic acids is 2. The Morgan fingerprint density at radius 3 is 2.55 bits per heavy atom. The molecule has 0 unspecified atom stereocenters. The van der Waals surface area contributed by atoms with Gasteiger partial charge in [-0.1, -0.05) is 24.3 Å². The van der Waals surface area contributed by atoms with Gasteiger partial charge in [0.15, 0.2) is 0 Å². The fraction of sp³-hybridized carbons (Fsp3) is 0.385. The summed E-state index contributed by atoms with van der Waals surface area (Å²) in [5.74, 6) is 0.00280. The number of aromatic amines is 1. The van der Waals surface area contributed by atoms with Crippen molar-refractivity contribution < 1.29 is 14.0 Å². The first-order chi connectivity index (χ1) is 16.1. The van der Waals surface area contributed by atoms with E-state index in [0.717, 1.165) is 67.8 Å². The van der Waals surface area contributed by atoms with Crippen LogP contribution >= 0.6 is 0 Å². The van der Waals surface area contributed by atoms with E-state index in [9.17, 15) is 14.0 Å². The summed E-state index contributed by atoms with van der Waals surface area (Å²) in [5, 5.41) is 3.69. The molecule has 3 aromatic rings. The maximum atomic E-state index is 14.1. The number of H-pyrrole nitrogens is 1. The average Bonchev–Trinajstić information content (AvgIpc) is 3.63. The van der Waals surface area contributed by atoms with Crippen LogP contribution in [-0.4, -0.2) is 59.3 Å². The van der Waals surface area contributed by atoms with E-state index in [2.05, 4.69) is 39.5 Å². The van der Waals surface area contributed by atoms with E-state index in [1.54, 1.807) is 0 Å². The van der Waals surface area contributed by atoms with Crippen molar-refractivity contribution in [2.45, 2.75) is 25.8 Å². The minimum Gasteiger partial charge on any atom is -0.354 e. The van der Waals surface area contributed by atoms with Crippen LogP contribution in [0.2, 0.25) is 0 Å². The standard InChI is InChI=1S/C26H27FN4O2/c27-19-13-21-23-20(7-8-28-25(21)32)24(29-22(23)14-19)17-3-1-16(2-4-17)15-30-9-11-31(12-10-30)26(33)18-5-6-18/h1-4,13-14,18,29H,5-12,15H2,(H,28,32). The number of halogens is 1. The van der Waals surface area contributed by atoms with Gasteiger partial charge in [-0.15, -0.1) is 0 Å². The van der Waals surface area contributed by atoms with Gasteiger partial charge in [-0.2, -0.15) is 0 Å². The molecule has 0 atom stereocenters. The molecule has 2 aromatic carbocycles. The lowest BCUT2D eigenvalue weighted by molar-refractivity contribution is -0.134. The fourth-order valence-corrected chi connectivity index (χ4v) is 5.19. The van der Waals surface area contributed by atoms with Crippen molar-refractivity contribution in [3.05, 3.63) is 58.9 Å². The molecule has 7 heteroatoms. The van der Waals surface area contributed by atoms with Crippen LogP contribution in [0.4, 0.5) is 4.39 Å². The molecular weight excluding hydrogens is 419 g/mol. The average molecular weight is 447 g/mol. The summed E-state index contributed by atoms with van der Waals surface area (Å²) in [6, 6.07) is 11.3. The Balaban J connectivity index is 1.20. The minimum absolute atomic E-state index is 0.224. The van der Waals surface area contributed by atoms with Gasteiger partial charge in [-0.3, -0.25) is 14.5 Å². The van der Waals surface area contributed by atoms with Crippen LogP contribution in [0.3, 0.4) is 0 Å². The second kappa shape index (κ2) is 7.99. The second-order valence-corrected chi connectivity index (χ2v) is 9.43. The minimum atomic E-state index is -0.414. The predicted molar refractivity (Wildman–Crippen MR) is 124 cm³/mol. The highest BCUT2D eigenvalue weighted by Gasteiger charge is 2.34. The predicted octanol–water partition coefficient (Wildman–Crippen LogP) is 3.31. The van der Waals surface area contributed by atoms with E-state index >= 15 is 0 Å².